The average Bonchev–Trinajstić information content (AvgIpc) is 3.43. The molecule has 0 aromatic heterocycles. The highest BCUT2D eigenvalue weighted by atomic mass is 16.6. The molecule has 208 valence electrons. The van der Waals surface area contributed by atoms with Gasteiger partial charge in [-0.3, -0.25) is 4.79 Å². The average molecular weight is 541 g/mol. The maximum Gasteiger partial charge on any atom is 0.338 e. The molecular formula is C34H36O6. The smallest absolute Gasteiger partial charge is 0.338 e. The van der Waals surface area contributed by atoms with E-state index in [9.17, 15) is 19.5 Å². The molecule has 8 atom stereocenters. The quantitative estimate of drug-likeness (QED) is 0.403. The van der Waals surface area contributed by atoms with Gasteiger partial charge in [-0.1, -0.05) is 69.3 Å². The summed E-state index contributed by atoms with van der Waals surface area (Å²) >= 11 is 0. The van der Waals surface area contributed by atoms with E-state index >= 15 is 0 Å². The second-order valence-corrected chi connectivity index (χ2v) is 12.8. The molecule has 0 amide bonds. The lowest BCUT2D eigenvalue weighted by molar-refractivity contribution is -0.190. The Kier molecular flexibility index (Phi) is 6.01. The molecule has 2 aromatic rings. The maximum atomic E-state index is 14.8. The number of fused-ring (bicyclic) bond motifs is 3. The predicted molar refractivity (Wildman–Crippen MR) is 149 cm³/mol. The van der Waals surface area contributed by atoms with Crippen LogP contribution in [0.4, 0.5) is 0 Å². The number of esters is 2. The minimum Gasteiger partial charge on any atom is -0.451 e. The Balaban J connectivity index is 1.51. The molecule has 0 radical (unpaired) electrons. The molecule has 2 fully saturated rings. The first-order valence-corrected chi connectivity index (χ1v) is 14.1. The van der Waals surface area contributed by atoms with Crippen LogP contribution in [0.2, 0.25) is 0 Å². The van der Waals surface area contributed by atoms with Crippen LogP contribution in [0.5, 0.6) is 0 Å². The maximum absolute atomic E-state index is 14.8. The van der Waals surface area contributed by atoms with Crippen molar-refractivity contribution in [3.05, 3.63) is 95.1 Å². The Morgan fingerprint density at radius 3 is 1.88 bits per heavy atom. The zero-order valence-corrected chi connectivity index (χ0v) is 23.6. The Bertz CT molecular complexity index is 1440. The number of ether oxygens (including phenoxy) is 2. The van der Waals surface area contributed by atoms with Gasteiger partial charge >= 0.3 is 11.9 Å². The molecule has 4 aliphatic rings. The van der Waals surface area contributed by atoms with E-state index in [4.69, 9.17) is 9.47 Å². The van der Waals surface area contributed by atoms with Crippen molar-refractivity contribution in [2.75, 3.05) is 0 Å². The van der Waals surface area contributed by atoms with E-state index in [1.165, 1.54) is 0 Å². The molecule has 0 saturated heterocycles. The number of hydrogen-bond acceptors (Lipinski definition) is 6. The van der Waals surface area contributed by atoms with E-state index in [2.05, 4.69) is 13.8 Å². The molecule has 40 heavy (non-hydrogen) atoms. The lowest BCUT2D eigenvalue weighted by Crippen LogP contribution is -2.66. The normalized spacial score (nSPS) is 37.1. The van der Waals surface area contributed by atoms with Crippen molar-refractivity contribution in [1.29, 1.82) is 0 Å². The first kappa shape index (κ1) is 26.7. The van der Waals surface area contributed by atoms with E-state index in [-0.39, 0.29) is 23.0 Å². The predicted octanol–water partition coefficient (Wildman–Crippen LogP) is 5.57. The topological polar surface area (TPSA) is 89.9 Å². The second-order valence-electron chi connectivity index (χ2n) is 12.8. The van der Waals surface area contributed by atoms with Crippen LogP contribution in [-0.2, 0) is 14.3 Å². The van der Waals surface area contributed by atoms with Crippen molar-refractivity contribution >= 4 is 17.7 Å². The van der Waals surface area contributed by atoms with Crippen LogP contribution in [0.15, 0.2) is 84.0 Å². The number of rotatable bonds is 4. The van der Waals surface area contributed by atoms with E-state index < -0.39 is 41.1 Å². The van der Waals surface area contributed by atoms with E-state index in [0.717, 1.165) is 6.42 Å². The molecule has 2 saturated carbocycles. The molecule has 1 spiro atoms. The summed E-state index contributed by atoms with van der Waals surface area (Å²) in [5.74, 6) is -1.58. The number of hydrogen-bond donors (Lipinski definition) is 1. The number of allylic oxidation sites excluding steroid dienone is 1. The van der Waals surface area contributed by atoms with Crippen LogP contribution in [0.25, 0.3) is 0 Å². The third-order valence-electron chi connectivity index (χ3n) is 10.3. The minimum absolute atomic E-state index is 0.0117. The van der Waals surface area contributed by atoms with Gasteiger partial charge in [0, 0.05) is 5.92 Å². The van der Waals surface area contributed by atoms with Gasteiger partial charge in [-0.05, 0) is 78.8 Å². The summed E-state index contributed by atoms with van der Waals surface area (Å²) in [6.45, 7) is 9.99. The SMILES string of the molecule is CC1=C[C@@H]2C(=O)[C@]3(C=C(C)[C@H](OC(=O)c4ccccc4)[C@@]3(O)[C@@H]1OC(=O)c1ccccc1)[C@H](C)C[C@@H]1[C@H]2C1(C)C. The highest BCUT2D eigenvalue weighted by molar-refractivity contribution is 5.96. The van der Waals surface area contributed by atoms with Gasteiger partial charge in [-0.2, -0.15) is 0 Å². The number of Topliss-reactive ketones (excluding diaryl/α,β-unsaturated/α-hetero) is 1. The number of benzene rings is 2. The van der Waals surface area contributed by atoms with E-state index in [1.54, 1.807) is 74.5 Å². The van der Waals surface area contributed by atoms with Crippen molar-refractivity contribution in [1.82, 2.24) is 0 Å². The van der Waals surface area contributed by atoms with Crippen LogP contribution in [0.3, 0.4) is 0 Å². The van der Waals surface area contributed by atoms with Crippen molar-refractivity contribution < 1.29 is 29.0 Å². The number of aliphatic hydroxyl groups is 1. The molecule has 2 bridgehead atoms. The lowest BCUT2D eigenvalue weighted by atomic mass is 9.59. The fourth-order valence-electron chi connectivity index (χ4n) is 8.23. The molecule has 1 N–H and O–H groups in total. The molecule has 6 heteroatoms. The molecule has 6 rings (SSSR count). The van der Waals surface area contributed by atoms with Crippen molar-refractivity contribution in [2.45, 2.75) is 58.8 Å². The molecule has 2 aromatic carbocycles. The van der Waals surface area contributed by atoms with Gasteiger partial charge in [0.25, 0.3) is 0 Å². The standard InChI is InChI=1S/C34H36O6/c1-19-16-24-26-25(32(26,4)5)17-21(3)33(27(24)35)18-20(2)29(40-31(37)23-14-10-7-11-15-23)34(33,38)28(19)39-30(36)22-12-8-6-9-13-22/h6-16,18,21,24-26,28-29,38H,17H2,1-5H3/t21-,24+,25-,26+,28-,29+,33+,34+/m1/s1. The summed E-state index contributed by atoms with van der Waals surface area (Å²) in [5.41, 5.74) is -1.60. The second kappa shape index (κ2) is 9.00. The van der Waals surface area contributed by atoms with E-state index in [0.29, 0.717) is 28.2 Å². The van der Waals surface area contributed by atoms with Gasteiger partial charge in [0.1, 0.15) is 0 Å². The van der Waals surface area contributed by atoms with Crippen LogP contribution in [0.1, 0.15) is 61.8 Å². The fraction of sp³-hybridized carbons (Fsp3) is 0.441. The van der Waals surface area contributed by atoms with Gasteiger partial charge in [-0.15, -0.1) is 0 Å². The summed E-state index contributed by atoms with van der Waals surface area (Å²) in [5, 5.41) is 13.1. The molecular weight excluding hydrogens is 504 g/mol. The fourth-order valence-corrected chi connectivity index (χ4v) is 8.23. The third kappa shape index (κ3) is 3.54. The molecule has 0 heterocycles. The van der Waals surface area contributed by atoms with Crippen molar-refractivity contribution in [3.63, 3.8) is 0 Å². The number of carbonyl (C=O) groups excluding carboxylic acids is 3. The van der Waals surface area contributed by atoms with Crippen LogP contribution in [0, 0.1) is 34.5 Å². The highest BCUT2D eigenvalue weighted by Crippen LogP contribution is 2.72. The van der Waals surface area contributed by atoms with Gasteiger partial charge in [-0.25, -0.2) is 9.59 Å². The van der Waals surface area contributed by atoms with Gasteiger partial charge in [0.2, 0.25) is 0 Å². The first-order valence-electron chi connectivity index (χ1n) is 14.1. The molecule has 4 aliphatic carbocycles. The summed E-state index contributed by atoms with van der Waals surface area (Å²) < 4.78 is 12.2. The zero-order chi connectivity index (χ0) is 28.6. The Hall–Kier alpha value is -3.51. The van der Waals surface area contributed by atoms with Gasteiger partial charge in [0.15, 0.2) is 23.6 Å². The molecule has 6 nitrogen and oxygen atoms in total. The van der Waals surface area contributed by atoms with Gasteiger partial charge < -0.3 is 14.6 Å². The van der Waals surface area contributed by atoms with Crippen LogP contribution < -0.4 is 0 Å². The zero-order valence-electron chi connectivity index (χ0n) is 23.6. The summed E-state index contributed by atoms with van der Waals surface area (Å²) in [7, 11) is 0. The van der Waals surface area contributed by atoms with Crippen molar-refractivity contribution in [3.8, 4) is 0 Å². The number of carbonyl (C=O) groups is 3. The monoisotopic (exact) mass is 540 g/mol. The van der Waals surface area contributed by atoms with Crippen LogP contribution >= 0.6 is 0 Å². The van der Waals surface area contributed by atoms with Crippen molar-refractivity contribution in [2.24, 2.45) is 34.5 Å². The highest BCUT2D eigenvalue weighted by Gasteiger charge is 2.77. The van der Waals surface area contributed by atoms with Gasteiger partial charge in [0.05, 0.1) is 16.5 Å². The summed E-state index contributed by atoms with van der Waals surface area (Å²) in [4.78, 5) is 41.6. The minimum atomic E-state index is -2.03. The largest absolute Gasteiger partial charge is 0.451 e. The van der Waals surface area contributed by atoms with E-state index in [1.807, 2.05) is 19.1 Å². The summed E-state index contributed by atoms with van der Waals surface area (Å²) in [6, 6.07) is 17.2. The van der Waals surface area contributed by atoms with Crippen LogP contribution in [-0.4, -0.2) is 40.6 Å². The Labute approximate surface area is 235 Å². The summed E-state index contributed by atoms with van der Waals surface area (Å²) in [6.07, 6.45) is 2.07. The Morgan fingerprint density at radius 1 is 0.850 bits per heavy atom. The first-order chi connectivity index (χ1) is 18.9. The third-order valence-corrected chi connectivity index (χ3v) is 10.3. The Morgan fingerprint density at radius 2 is 1.35 bits per heavy atom. The molecule has 0 unspecified atom stereocenters. The lowest BCUT2D eigenvalue weighted by Gasteiger charge is -2.49. The number of ketones is 1. The molecule has 0 aliphatic heterocycles.